The smallest absolute Gasteiger partial charge is 0.410 e. The van der Waals surface area contributed by atoms with Crippen molar-refractivity contribution in [1.82, 2.24) is 14.8 Å². The molecule has 0 bridgehead atoms. The molecule has 0 unspecified atom stereocenters. The van der Waals surface area contributed by atoms with Crippen molar-refractivity contribution in [1.29, 1.82) is 0 Å². The molecular weight excluding hydrogens is 354 g/mol. The summed E-state index contributed by atoms with van der Waals surface area (Å²) in [5.41, 5.74) is 1.42. The number of likely N-dealkylation sites (N-methyl/N-ethyl adjacent to an activating group) is 1. The summed E-state index contributed by atoms with van der Waals surface area (Å²) in [6.07, 6.45) is 1.48. The third kappa shape index (κ3) is 3.19. The molecule has 2 saturated heterocycles. The number of amides is 1. The predicted molar refractivity (Wildman–Crippen MR) is 98.0 cm³/mol. The lowest BCUT2D eigenvalue weighted by atomic mass is 9.91. The molecule has 0 radical (unpaired) electrons. The third-order valence-corrected chi connectivity index (χ3v) is 5.61. The number of oxazole rings is 1. The molecule has 2 aliphatic heterocycles. The normalized spacial score (nSPS) is 20.0. The van der Waals surface area contributed by atoms with Crippen LogP contribution in [0.5, 0.6) is 0 Å². The van der Waals surface area contributed by atoms with Gasteiger partial charge in [-0.3, -0.25) is 4.90 Å². The highest BCUT2D eigenvalue weighted by molar-refractivity contribution is 6.33. The van der Waals surface area contributed by atoms with E-state index in [0.29, 0.717) is 17.5 Å². The molecule has 1 aromatic heterocycles. The van der Waals surface area contributed by atoms with Crippen LogP contribution < -0.4 is 0 Å². The lowest BCUT2D eigenvalue weighted by molar-refractivity contribution is -0.00150. The van der Waals surface area contributed by atoms with Crippen LogP contribution in [-0.2, 0) is 11.3 Å². The molecule has 1 aromatic carbocycles. The maximum atomic E-state index is 11.7. The second-order valence-corrected chi connectivity index (χ2v) is 7.59. The van der Waals surface area contributed by atoms with Crippen LogP contribution >= 0.6 is 11.6 Å². The number of piperidine rings is 1. The minimum Gasteiger partial charge on any atom is -0.441 e. The van der Waals surface area contributed by atoms with Gasteiger partial charge in [0.1, 0.15) is 11.4 Å². The number of carbonyl (C=O) groups excluding carboxylic acids is 1. The number of aromatic nitrogens is 1. The van der Waals surface area contributed by atoms with Crippen molar-refractivity contribution in [2.45, 2.75) is 31.9 Å². The average Bonchev–Trinajstić information content (AvgIpc) is 3.10. The highest BCUT2D eigenvalue weighted by Crippen LogP contribution is 2.34. The monoisotopic (exact) mass is 375 g/mol. The Morgan fingerprint density at radius 3 is 2.65 bits per heavy atom. The van der Waals surface area contributed by atoms with Crippen LogP contribution in [0, 0.1) is 6.92 Å². The van der Waals surface area contributed by atoms with E-state index in [1.807, 2.05) is 31.2 Å². The summed E-state index contributed by atoms with van der Waals surface area (Å²) < 4.78 is 11.5. The van der Waals surface area contributed by atoms with Crippen LogP contribution in [0.1, 0.15) is 24.3 Å². The van der Waals surface area contributed by atoms with Crippen LogP contribution in [0.25, 0.3) is 11.5 Å². The Morgan fingerprint density at radius 1 is 1.27 bits per heavy atom. The Balaban J connectivity index is 1.43. The van der Waals surface area contributed by atoms with Gasteiger partial charge in [-0.15, -0.1) is 0 Å². The van der Waals surface area contributed by atoms with Crippen LogP contribution in [0.3, 0.4) is 0 Å². The Kier molecular flexibility index (Phi) is 4.40. The highest BCUT2D eigenvalue weighted by Gasteiger charge is 2.45. The van der Waals surface area contributed by atoms with Crippen LogP contribution in [0.2, 0.25) is 5.02 Å². The van der Waals surface area contributed by atoms with Gasteiger partial charge in [0.2, 0.25) is 5.89 Å². The first-order valence-electron chi connectivity index (χ1n) is 8.83. The number of carbonyl (C=O) groups is 1. The standard InChI is InChI=1S/C19H22ClN3O3/c1-13-16(21-17(25-13)14-5-3-4-6-15(14)20)11-23-9-7-19(8-10-23)12-22(2)18(24)26-19/h3-6H,7-12H2,1-2H3. The first-order valence-corrected chi connectivity index (χ1v) is 9.21. The third-order valence-electron chi connectivity index (χ3n) is 5.28. The summed E-state index contributed by atoms with van der Waals surface area (Å²) >= 11 is 6.25. The number of halogens is 1. The molecule has 4 rings (SSSR count). The molecule has 138 valence electrons. The number of hydrogen-bond donors (Lipinski definition) is 0. The number of benzene rings is 1. The van der Waals surface area contributed by atoms with Gasteiger partial charge >= 0.3 is 6.09 Å². The zero-order valence-electron chi connectivity index (χ0n) is 15.0. The minimum absolute atomic E-state index is 0.213. The molecule has 3 heterocycles. The first kappa shape index (κ1) is 17.4. The second-order valence-electron chi connectivity index (χ2n) is 7.18. The number of nitrogens with zero attached hydrogens (tertiary/aromatic N) is 3. The second kappa shape index (κ2) is 6.59. The Hall–Kier alpha value is -2.05. The average molecular weight is 376 g/mol. The van der Waals surface area contributed by atoms with E-state index in [1.165, 1.54) is 0 Å². The van der Waals surface area contributed by atoms with E-state index in [9.17, 15) is 4.79 Å². The van der Waals surface area contributed by atoms with Crippen molar-refractivity contribution in [3.8, 4) is 11.5 Å². The molecule has 6 nitrogen and oxygen atoms in total. The summed E-state index contributed by atoms with van der Waals surface area (Å²) in [4.78, 5) is 20.3. The maximum Gasteiger partial charge on any atom is 0.410 e. The molecule has 26 heavy (non-hydrogen) atoms. The van der Waals surface area contributed by atoms with E-state index in [1.54, 1.807) is 11.9 Å². The van der Waals surface area contributed by atoms with Crippen LogP contribution in [-0.4, -0.2) is 53.2 Å². The molecule has 1 spiro atoms. The number of hydrogen-bond acceptors (Lipinski definition) is 5. The van der Waals surface area contributed by atoms with Crippen molar-refractivity contribution in [2.24, 2.45) is 0 Å². The summed E-state index contributed by atoms with van der Waals surface area (Å²) in [5.74, 6) is 1.37. The van der Waals surface area contributed by atoms with Gasteiger partial charge in [-0.05, 0) is 19.1 Å². The molecule has 0 atom stereocenters. The molecule has 2 aliphatic rings. The van der Waals surface area contributed by atoms with E-state index in [2.05, 4.69) is 9.88 Å². The number of aryl methyl sites for hydroxylation is 1. The van der Waals surface area contributed by atoms with Crippen molar-refractivity contribution in [3.63, 3.8) is 0 Å². The molecule has 2 aromatic rings. The highest BCUT2D eigenvalue weighted by atomic mass is 35.5. The molecule has 2 fully saturated rings. The SMILES string of the molecule is Cc1oc(-c2ccccc2Cl)nc1CN1CCC2(CC1)CN(C)C(=O)O2. The van der Waals surface area contributed by atoms with Gasteiger partial charge in [0, 0.05) is 39.5 Å². The molecule has 7 heteroatoms. The summed E-state index contributed by atoms with van der Waals surface area (Å²) in [6.45, 7) is 5.07. The Morgan fingerprint density at radius 2 is 2.00 bits per heavy atom. The maximum absolute atomic E-state index is 11.7. The lowest BCUT2D eigenvalue weighted by Gasteiger charge is -2.37. The molecule has 1 amide bonds. The Labute approximate surface area is 157 Å². The van der Waals surface area contributed by atoms with E-state index in [4.69, 9.17) is 20.8 Å². The van der Waals surface area contributed by atoms with E-state index < -0.39 is 0 Å². The number of likely N-dealkylation sites (tertiary alicyclic amines) is 1. The van der Waals surface area contributed by atoms with Crippen molar-refractivity contribution < 1.29 is 13.9 Å². The van der Waals surface area contributed by atoms with Gasteiger partial charge in [-0.25, -0.2) is 9.78 Å². The zero-order chi connectivity index (χ0) is 18.3. The van der Waals surface area contributed by atoms with E-state index in [0.717, 1.165) is 49.5 Å². The fourth-order valence-electron chi connectivity index (χ4n) is 3.71. The Bertz CT molecular complexity index is 827. The van der Waals surface area contributed by atoms with Gasteiger partial charge in [-0.2, -0.15) is 0 Å². The van der Waals surface area contributed by atoms with Gasteiger partial charge < -0.3 is 14.1 Å². The first-order chi connectivity index (χ1) is 12.5. The zero-order valence-corrected chi connectivity index (χ0v) is 15.8. The number of rotatable bonds is 3. The van der Waals surface area contributed by atoms with Crippen LogP contribution in [0.4, 0.5) is 4.79 Å². The topological polar surface area (TPSA) is 58.8 Å². The largest absolute Gasteiger partial charge is 0.441 e. The van der Waals surface area contributed by atoms with Gasteiger partial charge in [-0.1, -0.05) is 23.7 Å². The summed E-state index contributed by atoms with van der Waals surface area (Å²) in [6, 6.07) is 7.55. The van der Waals surface area contributed by atoms with Crippen molar-refractivity contribution in [3.05, 3.63) is 40.7 Å². The molecule has 0 aliphatic carbocycles. The molecule has 0 N–H and O–H groups in total. The fourth-order valence-corrected chi connectivity index (χ4v) is 3.92. The minimum atomic E-state index is -0.316. The molecule has 0 saturated carbocycles. The number of ether oxygens (including phenoxy) is 1. The van der Waals surface area contributed by atoms with Crippen molar-refractivity contribution in [2.75, 3.05) is 26.7 Å². The van der Waals surface area contributed by atoms with Crippen LogP contribution in [0.15, 0.2) is 28.7 Å². The summed E-state index contributed by atoms with van der Waals surface area (Å²) in [5, 5.41) is 0.632. The van der Waals surface area contributed by atoms with Gasteiger partial charge in [0.05, 0.1) is 22.8 Å². The van der Waals surface area contributed by atoms with Crippen molar-refractivity contribution >= 4 is 17.7 Å². The van der Waals surface area contributed by atoms with E-state index >= 15 is 0 Å². The van der Waals surface area contributed by atoms with Gasteiger partial charge in [0.25, 0.3) is 0 Å². The fraction of sp³-hybridized carbons (Fsp3) is 0.474. The quantitative estimate of drug-likeness (QED) is 0.818. The van der Waals surface area contributed by atoms with Gasteiger partial charge in [0.15, 0.2) is 0 Å². The summed E-state index contributed by atoms with van der Waals surface area (Å²) in [7, 11) is 1.79. The molecular formula is C19H22ClN3O3. The predicted octanol–water partition coefficient (Wildman–Crippen LogP) is 3.72. The lowest BCUT2D eigenvalue weighted by Crippen LogP contribution is -2.46. The van der Waals surface area contributed by atoms with E-state index in [-0.39, 0.29) is 11.7 Å².